The minimum Gasteiger partial charge on any atom is -0.0895 e. The molecule has 3 rings (SSSR count). The Hall–Kier alpha value is -1.21. The molecule has 2 aromatic rings. The van der Waals surface area contributed by atoms with Crippen LogP contribution in [0.3, 0.4) is 0 Å². The Labute approximate surface area is 115 Å². The highest BCUT2D eigenvalue weighted by atomic mass is 32.2. The molecule has 0 saturated heterocycles. The van der Waals surface area contributed by atoms with Crippen molar-refractivity contribution in [3.05, 3.63) is 59.7 Å². The zero-order chi connectivity index (χ0) is 13.4. The van der Waals surface area contributed by atoms with Gasteiger partial charge in [0.1, 0.15) is 0 Å². The Morgan fingerprint density at radius 3 is 1.50 bits per heavy atom. The van der Waals surface area contributed by atoms with E-state index in [0.29, 0.717) is 0 Å². The van der Waals surface area contributed by atoms with Gasteiger partial charge in [0, 0.05) is 9.79 Å². The number of rotatable bonds is 0. The molecule has 0 nitrogen and oxygen atoms in total. The number of hydrogen-bond acceptors (Lipinski definition) is 1. The molecular formula is C17H22S. The van der Waals surface area contributed by atoms with E-state index in [9.17, 15) is 0 Å². The van der Waals surface area contributed by atoms with Crippen LogP contribution in [0.5, 0.6) is 0 Å². The molecule has 0 aromatic heterocycles. The van der Waals surface area contributed by atoms with Crippen molar-refractivity contribution in [1.82, 2.24) is 0 Å². The van der Waals surface area contributed by atoms with E-state index in [1.807, 2.05) is 39.5 Å². The summed E-state index contributed by atoms with van der Waals surface area (Å²) in [7, 11) is 0. The van der Waals surface area contributed by atoms with Crippen molar-refractivity contribution in [2.24, 2.45) is 0 Å². The Balaban J connectivity index is 0.000000371. The van der Waals surface area contributed by atoms with Crippen molar-refractivity contribution >= 4 is 11.8 Å². The highest BCUT2D eigenvalue weighted by molar-refractivity contribution is 7.99. The topological polar surface area (TPSA) is 0 Å². The average Bonchev–Trinajstić information content (AvgIpc) is 2.49. The van der Waals surface area contributed by atoms with Crippen LogP contribution in [0.25, 0.3) is 0 Å². The van der Waals surface area contributed by atoms with Crippen molar-refractivity contribution < 1.29 is 0 Å². The van der Waals surface area contributed by atoms with Crippen molar-refractivity contribution in [3.8, 4) is 0 Å². The van der Waals surface area contributed by atoms with E-state index < -0.39 is 0 Å². The lowest BCUT2D eigenvalue weighted by Gasteiger charge is -2.17. The molecule has 2 aromatic carbocycles. The lowest BCUT2D eigenvalue weighted by atomic mass is 10.0. The zero-order valence-corrected chi connectivity index (χ0v) is 12.6. The van der Waals surface area contributed by atoms with Crippen molar-refractivity contribution in [3.63, 3.8) is 0 Å². The largest absolute Gasteiger partial charge is 0.0895 e. The van der Waals surface area contributed by atoms with Gasteiger partial charge < -0.3 is 0 Å². The fraction of sp³-hybridized carbons (Fsp3) is 0.294. The molecule has 1 aliphatic rings. The lowest BCUT2D eigenvalue weighted by Crippen LogP contribution is -1.98. The van der Waals surface area contributed by atoms with E-state index in [1.165, 1.54) is 20.9 Å². The molecule has 0 spiro atoms. The van der Waals surface area contributed by atoms with Crippen LogP contribution in [0, 0.1) is 0 Å². The second kappa shape index (κ2) is 7.99. The quantitative estimate of drug-likeness (QED) is 0.491. The summed E-state index contributed by atoms with van der Waals surface area (Å²) in [6.07, 6.45) is 1.08. The molecule has 0 saturated carbocycles. The third-order valence-electron chi connectivity index (χ3n) is 2.55. The predicted octanol–water partition coefficient (Wildman–Crippen LogP) is 5.79. The van der Waals surface area contributed by atoms with Crippen LogP contribution in [-0.2, 0) is 6.42 Å². The molecular weight excluding hydrogens is 236 g/mol. The Morgan fingerprint density at radius 2 is 1.06 bits per heavy atom. The van der Waals surface area contributed by atoms with Crippen LogP contribution in [0.2, 0.25) is 0 Å². The first kappa shape index (κ1) is 14.8. The monoisotopic (exact) mass is 258 g/mol. The first-order valence-corrected chi connectivity index (χ1v) is 7.59. The summed E-state index contributed by atoms with van der Waals surface area (Å²) in [5, 5.41) is 0. The van der Waals surface area contributed by atoms with Crippen LogP contribution in [0.1, 0.15) is 38.8 Å². The standard InChI is InChI=1S/C13H10S.2C2H6/c1-3-7-12-10(5-1)9-11-6-2-4-8-13(11)14-12;2*1-2/h1-8H,9H2;2*1-2H3. The Morgan fingerprint density at radius 1 is 0.667 bits per heavy atom. The smallest absolute Gasteiger partial charge is 0.0157 e. The maximum atomic E-state index is 2.22. The van der Waals surface area contributed by atoms with E-state index in [4.69, 9.17) is 0 Å². The second-order valence-electron chi connectivity index (χ2n) is 3.49. The fourth-order valence-electron chi connectivity index (χ4n) is 1.82. The van der Waals surface area contributed by atoms with E-state index in [0.717, 1.165) is 6.42 Å². The SMILES string of the molecule is CC.CC.c1ccc2c(c1)Cc1ccccc1S2. The van der Waals surface area contributed by atoms with Crippen LogP contribution in [-0.4, -0.2) is 0 Å². The molecule has 0 bridgehead atoms. The summed E-state index contributed by atoms with van der Waals surface area (Å²) in [5.41, 5.74) is 2.91. The van der Waals surface area contributed by atoms with Gasteiger partial charge in [-0.25, -0.2) is 0 Å². The first-order valence-electron chi connectivity index (χ1n) is 6.77. The molecule has 0 N–H and O–H groups in total. The molecule has 96 valence electrons. The Bertz CT molecular complexity index is 387. The van der Waals surface area contributed by atoms with Crippen molar-refractivity contribution in [2.45, 2.75) is 43.9 Å². The zero-order valence-electron chi connectivity index (χ0n) is 11.7. The predicted molar refractivity (Wildman–Crippen MR) is 82.5 cm³/mol. The van der Waals surface area contributed by atoms with E-state index >= 15 is 0 Å². The van der Waals surface area contributed by atoms with Crippen molar-refractivity contribution in [1.29, 1.82) is 0 Å². The normalized spacial score (nSPS) is 10.9. The summed E-state index contributed by atoms with van der Waals surface area (Å²) >= 11 is 1.88. The van der Waals surface area contributed by atoms with Crippen LogP contribution in [0.15, 0.2) is 58.3 Å². The summed E-state index contributed by atoms with van der Waals surface area (Å²) in [6, 6.07) is 17.3. The second-order valence-corrected chi connectivity index (χ2v) is 4.58. The summed E-state index contributed by atoms with van der Waals surface area (Å²) < 4.78 is 0. The van der Waals surface area contributed by atoms with Crippen LogP contribution in [0.4, 0.5) is 0 Å². The number of benzene rings is 2. The molecule has 0 atom stereocenters. The maximum absolute atomic E-state index is 2.22. The molecule has 1 heterocycles. The molecule has 0 fully saturated rings. The number of hydrogen-bond donors (Lipinski definition) is 0. The van der Waals surface area contributed by atoms with E-state index in [1.54, 1.807) is 0 Å². The Kier molecular flexibility index (Phi) is 6.59. The summed E-state index contributed by atoms with van der Waals surface area (Å²) in [6.45, 7) is 8.00. The van der Waals surface area contributed by atoms with Crippen molar-refractivity contribution in [2.75, 3.05) is 0 Å². The molecule has 1 heteroatoms. The third kappa shape index (κ3) is 3.39. The highest BCUT2D eigenvalue weighted by Gasteiger charge is 2.13. The summed E-state index contributed by atoms with van der Waals surface area (Å²) in [5.74, 6) is 0. The summed E-state index contributed by atoms with van der Waals surface area (Å²) in [4.78, 5) is 2.82. The van der Waals surface area contributed by atoms with Gasteiger partial charge >= 0.3 is 0 Å². The third-order valence-corrected chi connectivity index (χ3v) is 3.78. The van der Waals surface area contributed by atoms with Gasteiger partial charge in [0.15, 0.2) is 0 Å². The molecule has 0 aliphatic carbocycles. The minimum atomic E-state index is 1.08. The van der Waals surface area contributed by atoms with Gasteiger partial charge in [-0.1, -0.05) is 75.9 Å². The lowest BCUT2D eigenvalue weighted by molar-refractivity contribution is 1.06. The fourth-order valence-corrected chi connectivity index (χ4v) is 2.90. The van der Waals surface area contributed by atoms with Gasteiger partial charge in [-0.2, -0.15) is 0 Å². The molecule has 0 unspecified atom stereocenters. The molecule has 18 heavy (non-hydrogen) atoms. The molecule has 0 radical (unpaired) electrons. The average molecular weight is 258 g/mol. The first-order chi connectivity index (χ1) is 8.93. The van der Waals surface area contributed by atoms with Gasteiger partial charge in [0.2, 0.25) is 0 Å². The van der Waals surface area contributed by atoms with E-state index in [-0.39, 0.29) is 0 Å². The highest BCUT2D eigenvalue weighted by Crippen LogP contribution is 2.38. The van der Waals surface area contributed by atoms with Gasteiger partial charge in [0.05, 0.1) is 0 Å². The van der Waals surface area contributed by atoms with Crippen LogP contribution >= 0.6 is 11.8 Å². The molecule has 1 aliphatic heterocycles. The van der Waals surface area contributed by atoms with Gasteiger partial charge in [-0.15, -0.1) is 0 Å². The maximum Gasteiger partial charge on any atom is 0.0157 e. The van der Waals surface area contributed by atoms with E-state index in [2.05, 4.69) is 48.5 Å². The minimum absolute atomic E-state index is 1.08. The van der Waals surface area contributed by atoms with Gasteiger partial charge in [-0.3, -0.25) is 0 Å². The van der Waals surface area contributed by atoms with Gasteiger partial charge in [0.25, 0.3) is 0 Å². The number of fused-ring (bicyclic) bond motifs is 2. The van der Waals surface area contributed by atoms with Crippen LogP contribution < -0.4 is 0 Å². The molecule has 0 amide bonds. The van der Waals surface area contributed by atoms with Gasteiger partial charge in [-0.05, 0) is 29.7 Å².